The van der Waals surface area contributed by atoms with E-state index in [-0.39, 0.29) is 12.6 Å². The molecular weight excluding hydrogens is 214 g/mol. The molecule has 0 fully saturated rings. The van der Waals surface area contributed by atoms with Gasteiger partial charge in [-0.3, -0.25) is 0 Å². The van der Waals surface area contributed by atoms with Crippen LogP contribution >= 0.6 is 0 Å². The van der Waals surface area contributed by atoms with Crippen LogP contribution in [0.3, 0.4) is 0 Å². The highest BCUT2D eigenvalue weighted by molar-refractivity contribution is 5.24. The lowest BCUT2D eigenvalue weighted by atomic mass is 10.0. The van der Waals surface area contributed by atoms with Gasteiger partial charge in [0.2, 0.25) is 0 Å². The van der Waals surface area contributed by atoms with Gasteiger partial charge in [0, 0.05) is 13.2 Å². The third-order valence-electron chi connectivity index (χ3n) is 2.97. The van der Waals surface area contributed by atoms with Gasteiger partial charge < -0.3 is 15.2 Å². The third-order valence-corrected chi connectivity index (χ3v) is 2.97. The standard InChI is InChI=1S/C14H23NO2/c1-4-11(2)15-14(9-16)13-7-5-12(6-8-13)10-17-3/h5-8,11,14-16H,4,9-10H2,1-3H3. The highest BCUT2D eigenvalue weighted by atomic mass is 16.5. The normalized spacial score (nSPS) is 14.6. The Morgan fingerprint density at radius 3 is 2.41 bits per heavy atom. The first-order valence-electron chi connectivity index (χ1n) is 6.16. The molecule has 3 nitrogen and oxygen atoms in total. The van der Waals surface area contributed by atoms with E-state index < -0.39 is 0 Å². The molecule has 0 bridgehead atoms. The van der Waals surface area contributed by atoms with E-state index in [1.165, 1.54) is 0 Å². The Hall–Kier alpha value is -0.900. The maximum Gasteiger partial charge on any atom is 0.0713 e. The zero-order valence-corrected chi connectivity index (χ0v) is 10.9. The first-order chi connectivity index (χ1) is 8.21. The first-order valence-corrected chi connectivity index (χ1v) is 6.16. The SMILES string of the molecule is CCC(C)NC(CO)c1ccc(COC)cc1. The van der Waals surface area contributed by atoms with E-state index in [0.717, 1.165) is 17.5 Å². The van der Waals surface area contributed by atoms with Gasteiger partial charge >= 0.3 is 0 Å². The third kappa shape index (κ3) is 4.46. The van der Waals surface area contributed by atoms with Crippen LogP contribution in [0.2, 0.25) is 0 Å². The van der Waals surface area contributed by atoms with Crippen LogP contribution in [0.5, 0.6) is 0 Å². The van der Waals surface area contributed by atoms with Crippen LogP contribution in [0.15, 0.2) is 24.3 Å². The first kappa shape index (κ1) is 14.2. The number of aliphatic hydroxyl groups excluding tert-OH is 1. The smallest absolute Gasteiger partial charge is 0.0713 e. The summed E-state index contributed by atoms with van der Waals surface area (Å²) in [5.41, 5.74) is 2.27. The van der Waals surface area contributed by atoms with Crippen LogP contribution in [0, 0.1) is 0 Å². The summed E-state index contributed by atoms with van der Waals surface area (Å²) in [6.07, 6.45) is 1.05. The second-order valence-corrected chi connectivity index (χ2v) is 4.39. The highest BCUT2D eigenvalue weighted by Gasteiger charge is 2.12. The van der Waals surface area contributed by atoms with Crippen molar-refractivity contribution < 1.29 is 9.84 Å². The number of rotatable bonds is 7. The monoisotopic (exact) mass is 237 g/mol. The molecule has 0 aliphatic carbocycles. The molecule has 0 heterocycles. The molecule has 1 aromatic carbocycles. The van der Waals surface area contributed by atoms with Gasteiger partial charge in [0.25, 0.3) is 0 Å². The minimum atomic E-state index is 0.0153. The molecule has 96 valence electrons. The summed E-state index contributed by atoms with van der Waals surface area (Å²) in [6.45, 7) is 5.01. The second-order valence-electron chi connectivity index (χ2n) is 4.39. The number of ether oxygens (including phenoxy) is 1. The topological polar surface area (TPSA) is 41.5 Å². The largest absolute Gasteiger partial charge is 0.394 e. The number of hydrogen-bond acceptors (Lipinski definition) is 3. The van der Waals surface area contributed by atoms with Gasteiger partial charge in [-0.1, -0.05) is 31.2 Å². The fourth-order valence-electron chi connectivity index (χ4n) is 1.73. The molecule has 3 heteroatoms. The molecule has 0 aliphatic rings. The van der Waals surface area contributed by atoms with E-state index >= 15 is 0 Å². The van der Waals surface area contributed by atoms with Gasteiger partial charge in [-0.05, 0) is 24.5 Å². The summed E-state index contributed by atoms with van der Waals surface area (Å²) in [5.74, 6) is 0. The molecule has 17 heavy (non-hydrogen) atoms. The molecule has 0 saturated carbocycles. The van der Waals surface area contributed by atoms with Crippen molar-refractivity contribution in [1.29, 1.82) is 0 Å². The van der Waals surface area contributed by atoms with Crippen molar-refractivity contribution in [2.75, 3.05) is 13.7 Å². The molecule has 0 aromatic heterocycles. The van der Waals surface area contributed by atoms with Crippen molar-refractivity contribution in [2.45, 2.75) is 39.0 Å². The van der Waals surface area contributed by atoms with Crippen molar-refractivity contribution in [1.82, 2.24) is 5.32 Å². The van der Waals surface area contributed by atoms with Crippen LogP contribution in [0.1, 0.15) is 37.4 Å². The molecule has 0 amide bonds. The van der Waals surface area contributed by atoms with Crippen molar-refractivity contribution in [3.63, 3.8) is 0 Å². The highest BCUT2D eigenvalue weighted by Crippen LogP contribution is 2.15. The Morgan fingerprint density at radius 1 is 1.29 bits per heavy atom. The molecule has 1 rings (SSSR count). The Labute approximate surface area is 104 Å². The Kier molecular flexibility index (Phi) is 6.19. The zero-order chi connectivity index (χ0) is 12.7. The fraction of sp³-hybridized carbons (Fsp3) is 0.571. The molecule has 2 N–H and O–H groups in total. The average molecular weight is 237 g/mol. The Bertz CT molecular complexity index is 311. The van der Waals surface area contributed by atoms with Crippen LogP contribution in [-0.2, 0) is 11.3 Å². The molecule has 1 aromatic rings. The van der Waals surface area contributed by atoms with E-state index in [2.05, 4.69) is 19.2 Å². The maximum absolute atomic E-state index is 9.41. The predicted octanol–water partition coefficient (Wildman–Crippen LogP) is 2.25. The van der Waals surface area contributed by atoms with Crippen LogP contribution in [0.4, 0.5) is 0 Å². The lowest BCUT2D eigenvalue weighted by Gasteiger charge is -2.21. The minimum Gasteiger partial charge on any atom is -0.394 e. The number of benzene rings is 1. The molecule has 2 atom stereocenters. The fourth-order valence-corrected chi connectivity index (χ4v) is 1.73. The summed E-state index contributed by atoms with van der Waals surface area (Å²) in [5, 5.41) is 12.8. The van der Waals surface area contributed by atoms with Crippen LogP contribution < -0.4 is 5.32 Å². The van der Waals surface area contributed by atoms with E-state index in [9.17, 15) is 5.11 Å². The van der Waals surface area contributed by atoms with E-state index in [1.54, 1.807) is 7.11 Å². The number of methoxy groups -OCH3 is 1. The summed E-state index contributed by atoms with van der Waals surface area (Å²) in [4.78, 5) is 0. The predicted molar refractivity (Wildman–Crippen MR) is 69.9 cm³/mol. The van der Waals surface area contributed by atoms with Crippen LogP contribution in [-0.4, -0.2) is 24.9 Å². The van der Waals surface area contributed by atoms with Gasteiger partial charge in [0.15, 0.2) is 0 Å². The summed E-state index contributed by atoms with van der Waals surface area (Å²) < 4.78 is 5.07. The van der Waals surface area contributed by atoms with Gasteiger partial charge in [-0.2, -0.15) is 0 Å². The summed E-state index contributed by atoms with van der Waals surface area (Å²) in [6, 6.07) is 8.60. The molecular formula is C14H23NO2. The number of nitrogens with one attached hydrogen (secondary N) is 1. The maximum atomic E-state index is 9.41. The van der Waals surface area contributed by atoms with Crippen molar-refractivity contribution in [3.8, 4) is 0 Å². The lowest BCUT2D eigenvalue weighted by Crippen LogP contribution is -2.32. The van der Waals surface area contributed by atoms with E-state index in [4.69, 9.17) is 4.74 Å². The number of hydrogen-bond donors (Lipinski definition) is 2. The van der Waals surface area contributed by atoms with Crippen molar-refractivity contribution in [3.05, 3.63) is 35.4 Å². The van der Waals surface area contributed by atoms with E-state index in [1.807, 2.05) is 24.3 Å². The molecule has 0 spiro atoms. The van der Waals surface area contributed by atoms with Gasteiger partial charge in [-0.25, -0.2) is 0 Å². The van der Waals surface area contributed by atoms with Gasteiger partial charge in [0.1, 0.15) is 0 Å². The molecule has 0 radical (unpaired) electrons. The van der Waals surface area contributed by atoms with E-state index in [0.29, 0.717) is 12.6 Å². The summed E-state index contributed by atoms with van der Waals surface area (Å²) in [7, 11) is 1.69. The summed E-state index contributed by atoms with van der Waals surface area (Å²) >= 11 is 0. The second kappa shape index (κ2) is 7.43. The Morgan fingerprint density at radius 2 is 1.94 bits per heavy atom. The zero-order valence-electron chi connectivity index (χ0n) is 10.9. The van der Waals surface area contributed by atoms with Gasteiger partial charge in [-0.15, -0.1) is 0 Å². The van der Waals surface area contributed by atoms with Gasteiger partial charge in [0.05, 0.1) is 19.3 Å². The average Bonchev–Trinajstić information content (AvgIpc) is 2.37. The quantitative estimate of drug-likeness (QED) is 0.764. The lowest BCUT2D eigenvalue weighted by molar-refractivity contribution is 0.185. The van der Waals surface area contributed by atoms with Crippen molar-refractivity contribution >= 4 is 0 Å². The van der Waals surface area contributed by atoms with Crippen molar-refractivity contribution in [2.24, 2.45) is 0 Å². The number of aliphatic hydroxyl groups is 1. The molecule has 2 unspecified atom stereocenters. The molecule has 0 aliphatic heterocycles. The van der Waals surface area contributed by atoms with Crippen LogP contribution in [0.25, 0.3) is 0 Å². The molecule has 0 saturated heterocycles. The Balaban J connectivity index is 2.68. The minimum absolute atomic E-state index is 0.0153.